The van der Waals surface area contributed by atoms with Gasteiger partial charge in [0.15, 0.2) is 0 Å². The third kappa shape index (κ3) is 4.92. The summed E-state index contributed by atoms with van der Waals surface area (Å²) in [6, 6.07) is 19.0. The van der Waals surface area contributed by atoms with Gasteiger partial charge in [-0.05, 0) is 54.8 Å². The number of hydrogen-bond acceptors (Lipinski definition) is 5. The molecule has 0 bridgehead atoms. The van der Waals surface area contributed by atoms with Gasteiger partial charge in [0.25, 0.3) is 0 Å². The Balaban J connectivity index is 1.13. The van der Waals surface area contributed by atoms with Crippen LogP contribution in [0.15, 0.2) is 71.7 Å². The number of benzene rings is 3. The first-order valence-electron chi connectivity index (χ1n) is 14.1. The standard InChI is InChI=1S/C32H29ClFN5O3/c33-21-5-3-4-20(14-21)17-39-27-7-2-1-6-26(27)35-30(39)19-36-10-12-37(13-11-36)29-16-28-23(15-25(29)34)31(40)24(32(41)42)18-38(28)22-8-9-22/h1-7,14-16,18,22H,8-13,17,19H2,(H,41,42). The van der Waals surface area contributed by atoms with E-state index in [1.54, 1.807) is 6.07 Å². The maximum absolute atomic E-state index is 15.4. The minimum Gasteiger partial charge on any atom is -0.477 e. The van der Waals surface area contributed by atoms with Gasteiger partial charge >= 0.3 is 5.97 Å². The van der Waals surface area contributed by atoms with Crippen LogP contribution in [0, 0.1) is 5.82 Å². The largest absolute Gasteiger partial charge is 0.477 e. The van der Waals surface area contributed by atoms with Gasteiger partial charge in [-0.2, -0.15) is 0 Å². The van der Waals surface area contributed by atoms with E-state index in [1.165, 1.54) is 12.3 Å². The predicted molar refractivity (Wildman–Crippen MR) is 161 cm³/mol. The van der Waals surface area contributed by atoms with Crippen LogP contribution < -0.4 is 10.3 Å². The van der Waals surface area contributed by atoms with E-state index < -0.39 is 17.2 Å². The van der Waals surface area contributed by atoms with Crippen LogP contribution in [-0.2, 0) is 13.1 Å². The number of imidazole rings is 1. The van der Waals surface area contributed by atoms with Gasteiger partial charge in [-0.3, -0.25) is 9.69 Å². The molecule has 1 aliphatic heterocycles. The number of fused-ring (bicyclic) bond motifs is 2. The first-order valence-corrected chi connectivity index (χ1v) is 14.5. The van der Waals surface area contributed by atoms with Crippen molar-refractivity contribution in [2.75, 3.05) is 31.1 Å². The molecule has 3 heterocycles. The van der Waals surface area contributed by atoms with Crippen molar-refractivity contribution < 1.29 is 14.3 Å². The Kier molecular flexibility index (Phi) is 6.71. The highest BCUT2D eigenvalue weighted by atomic mass is 35.5. The van der Waals surface area contributed by atoms with Crippen molar-refractivity contribution in [1.29, 1.82) is 0 Å². The summed E-state index contributed by atoms with van der Waals surface area (Å²) < 4.78 is 19.5. The van der Waals surface area contributed by atoms with Gasteiger partial charge < -0.3 is 19.1 Å². The van der Waals surface area contributed by atoms with E-state index in [0.717, 1.165) is 35.3 Å². The summed E-state index contributed by atoms with van der Waals surface area (Å²) in [5.41, 5.74) is 3.16. The molecule has 42 heavy (non-hydrogen) atoms. The number of hydrogen-bond donors (Lipinski definition) is 1. The van der Waals surface area contributed by atoms with Crippen LogP contribution >= 0.6 is 11.6 Å². The van der Waals surface area contributed by atoms with Crippen molar-refractivity contribution in [3.8, 4) is 0 Å². The Morgan fingerprint density at radius 2 is 1.76 bits per heavy atom. The number of pyridine rings is 1. The van der Waals surface area contributed by atoms with Gasteiger partial charge in [0.05, 0.1) is 28.8 Å². The van der Waals surface area contributed by atoms with Gasteiger partial charge in [-0.15, -0.1) is 0 Å². The fourth-order valence-electron chi connectivity index (χ4n) is 6.00. The highest BCUT2D eigenvalue weighted by Crippen LogP contribution is 2.38. The monoisotopic (exact) mass is 585 g/mol. The number of rotatable bonds is 7. The molecule has 5 aromatic rings. The van der Waals surface area contributed by atoms with Crippen LogP contribution in [0.1, 0.15) is 40.6 Å². The van der Waals surface area contributed by atoms with Crippen LogP contribution in [0.2, 0.25) is 5.02 Å². The average Bonchev–Trinajstić information content (AvgIpc) is 3.77. The first-order chi connectivity index (χ1) is 20.4. The summed E-state index contributed by atoms with van der Waals surface area (Å²) in [6.07, 6.45) is 3.23. The number of carboxylic acid groups (broad SMARTS) is 1. The highest BCUT2D eigenvalue weighted by Gasteiger charge is 2.29. The molecular formula is C32H29ClFN5O3. The first kappa shape index (κ1) is 26.7. The Labute approximate surface area is 246 Å². The van der Waals surface area contributed by atoms with E-state index in [1.807, 2.05) is 45.9 Å². The van der Waals surface area contributed by atoms with E-state index in [9.17, 15) is 14.7 Å². The Morgan fingerprint density at radius 3 is 2.50 bits per heavy atom. The molecule has 7 rings (SSSR count). The molecule has 1 aliphatic carbocycles. The third-order valence-corrected chi connectivity index (χ3v) is 8.55. The van der Waals surface area contributed by atoms with Gasteiger partial charge in [0, 0.05) is 55.4 Å². The Hall–Kier alpha value is -4.21. The van der Waals surface area contributed by atoms with E-state index in [-0.39, 0.29) is 17.0 Å². The Morgan fingerprint density at radius 1 is 0.976 bits per heavy atom. The van der Waals surface area contributed by atoms with E-state index in [2.05, 4.69) is 21.6 Å². The smallest absolute Gasteiger partial charge is 0.341 e. The van der Waals surface area contributed by atoms with Crippen molar-refractivity contribution in [3.05, 3.63) is 105 Å². The second-order valence-electron chi connectivity index (χ2n) is 11.1. The fraction of sp³-hybridized carbons (Fsp3) is 0.281. The number of piperazine rings is 1. The van der Waals surface area contributed by atoms with Crippen LogP contribution in [0.3, 0.4) is 0 Å². The topological polar surface area (TPSA) is 83.6 Å². The third-order valence-electron chi connectivity index (χ3n) is 8.31. The van der Waals surface area contributed by atoms with Gasteiger partial charge in [-0.25, -0.2) is 14.2 Å². The average molecular weight is 586 g/mol. The lowest BCUT2D eigenvalue weighted by atomic mass is 10.1. The molecule has 0 amide bonds. The maximum Gasteiger partial charge on any atom is 0.341 e. The Bertz CT molecular complexity index is 1910. The molecule has 2 fully saturated rings. The molecule has 1 saturated carbocycles. The van der Waals surface area contributed by atoms with Crippen LogP contribution in [0.25, 0.3) is 21.9 Å². The molecule has 0 spiro atoms. The molecule has 2 aliphatic rings. The van der Waals surface area contributed by atoms with Crippen LogP contribution in [-0.4, -0.2) is 56.3 Å². The molecule has 8 nitrogen and oxygen atoms in total. The predicted octanol–water partition coefficient (Wildman–Crippen LogP) is 5.55. The van der Waals surface area contributed by atoms with Gasteiger partial charge in [0.2, 0.25) is 5.43 Å². The van der Waals surface area contributed by atoms with E-state index in [4.69, 9.17) is 16.6 Å². The highest BCUT2D eigenvalue weighted by molar-refractivity contribution is 6.30. The minimum absolute atomic E-state index is 0.111. The maximum atomic E-state index is 15.4. The molecular weight excluding hydrogens is 557 g/mol. The van der Waals surface area contributed by atoms with Crippen LogP contribution in [0.4, 0.5) is 10.1 Å². The summed E-state index contributed by atoms with van der Waals surface area (Å²) >= 11 is 6.26. The summed E-state index contributed by atoms with van der Waals surface area (Å²) in [5, 5.41) is 10.3. The van der Waals surface area contributed by atoms with Crippen molar-refractivity contribution in [2.24, 2.45) is 0 Å². The lowest BCUT2D eigenvalue weighted by molar-refractivity contribution is 0.0695. The number of carboxylic acids is 1. The van der Waals surface area contributed by atoms with Gasteiger partial charge in [-0.1, -0.05) is 35.9 Å². The number of halogens is 2. The number of aromatic nitrogens is 3. The van der Waals surface area contributed by atoms with Crippen molar-refractivity contribution in [1.82, 2.24) is 19.0 Å². The molecule has 3 aromatic carbocycles. The zero-order valence-electron chi connectivity index (χ0n) is 22.8. The lowest BCUT2D eigenvalue weighted by Gasteiger charge is -2.36. The molecule has 0 unspecified atom stereocenters. The fourth-order valence-corrected chi connectivity index (χ4v) is 6.21. The summed E-state index contributed by atoms with van der Waals surface area (Å²) in [7, 11) is 0. The summed E-state index contributed by atoms with van der Waals surface area (Å²) in [4.78, 5) is 33.8. The zero-order valence-corrected chi connectivity index (χ0v) is 23.6. The SMILES string of the molecule is O=C(O)c1cn(C2CC2)c2cc(N3CCN(Cc4nc5ccccc5n4Cc4cccc(Cl)c4)CC3)c(F)cc2c1=O. The van der Waals surface area contributed by atoms with E-state index in [0.29, 0.717) is 55.5 Å². The molecule has 0 radical (unpaired) electrons. The number of anilines is 1. The normalized spacial score (nSPS) is 16.0. The van der Waals surface area contributed by atoms with Crippen molar-refractivity contribution in [3.63, 3.8) is 0 Å². The number of carbonyl (C=O) groups is 1. The molecule has 10 heteroatoms. The molecule has 214 valence electrons. The molecule has 0 atom stereocenters. The quantitative estimate of drug-likeness (QED) is 0.270. The number of para-hydroxylation sites is 2. The van der Waals surface area contributed by atoms with Crippen LogP contribution in [0.5, 0.6) is 0 Å². The lowest BCUT2D eigenvalue weighted by Crippen LogP contribution is -2.46. The minimum atomic E-state index is -1.29. The zero-order chi connectivity index (χ0) is 29.0. The number of nitrogens with zero attached hydrogens (tertiary/aromatic N) is 5. The summed E-state index contributed by atoms with van der Waals surface area (Å²) in [5.74, 6) is -0.844. The second kappa shape index (κ2) is 10.6. The second-order valence-corrected chi connectivity index (χ2v) is 11.6. The van der Waals surface area contributed by atoms with Gasteiger partial charge in [0.1, 0.15) is 17.2 Å². The molecule has 1 N–H and O–H groups in total. The van der Waals surface area contributed by atoms with E-state index >= 15 is 4.39 Å². The van der Waals surface area contributed by atoms with Crippen molar-refractivity contribution in [2.45, 2.75) is 32.0 Å². The van der Waals surface area contributed by atoms with Crippen molar-refractivity contribution >= 4 is 45.2 Å². The molecule has 2 aromatic heterocycles. The molecule has 1 saturated heterocycles. The number of aromatic carboxylic acids is 1. The summed E-state index contributed by atoms with van der Waals surface area (Å²) in [6.45, 7) is 3.96.